The maximum absolute atomic E-state index is 13.2. The first-order valence-electron chi connectivity index (χ1n) is 13.3. The zero-order valence-electron chi connectivity index (χ0n) is 23.1. The Morgan fingerprint density at radius 3 is 2.15 bits per heavy atom. The number of aryl methyl sites for hydroxylation is 1. The van der Waals surface area contributed by atoms with Gasteiger partial charge in [-0.2, -0.15) is 17.5 Å². The van der Waals surface area contributed by atoms with Crippen LogP contribution >= 0.6 is 0 Å². The Hall–Kier alpha value is -3.42. The van der Waals surface area contributed by atoms with Crippen LogP contribution in [-0.2, 0) is 25.7 Å². The van der Waals surface area contributed by atoms with Gasteiger partial charge in [0.2, 0.25) is 10.0 Å². The van der Waals surface area contributed by atoms with Gasteiger partial charge in [0.15, 0.2) is 0 Å². The third-order valence-electron chi connectivity index (χ3n) is 7.18. The van der Waals surface area contributed by atoms with Crippen molar-refractivity contribution < 1.29 is 35.9 Å². The van der Waals surface area contributed by atoms with E-state index in [-0.39, 0.29) is 43.3 Å². The molecule has 0 bridgehead atoms. The van der Waals surface area contributed by atoms with Crippen LogP contribution in [-0.4, -0.2) is 80.4 Å². The number of halogens is 3. The normalized spacial score (nSPS) is 19.3. The number of carbonyl (C=O) groups is 2. The highest BCUT2D eigenvalue weighted by Gasteiger charge is 2.39. The Morgan fingerprint density at radius 2 is 1.61 bits per heavy atom. The lowest BCUT2D eigenvalue weighted by atomic mass is 9.93. The molecule has 222 valence electrons. The van der Waals surface area contributed by atoms with Gasteiger partial charge in [0.1, 0.15) is 0 Å². The smallest absolute Gasteiger partial charge is 0.416 e. The molecular weight excluding hydrogens is 561 g/mol. The average Bonchev–Trinajstić information content (AvgIpc) is 2.93. The summed E-state index contributed by atoms with van der Waals surface area (Å²) in [6.07, 6.45) is -4.53. The third kappa shape index (κ3) is 6.57. The maximum Gasteiger partial charge on any atom is 0.416 e. The first-order valence-corrected chi connectivity index (χ1v) is 14.7. The number of ether oxygens (including phenoxy) is 1. The lowest BCUT2D eigenvalue weighted by Gasteiger charge is -2.40. The zero-order valence-corrected chi connectivity index (χ0v) is 23.9. The van der Waals surface area contributed by atoms with Gasteiger partial charge in [-0.1, -0.05) is 29.8 Å². The fourth-order valence-corrected chi connectivity index (χ4v) is 6.39. The molecule has 2 aromatic rings. The predicted octanol–water partition coefficient (Wildman–Crippen LogP) is 3.92. The topological polar surface area (TPSA) is 99.3 Å². The molecule has 1 atom stereocenters. The van der Waals surface area contributed by atoms with Crippen molar-refractivity contribution in [3.05, 3.63) is 76.5 Å². The molecule has 4 rings (SSSR count). The summed E-state index contributed by atoms with van der Waals surface area (Å²) in [5.41, 5.74) is 0.902. The van der Waals surface area contributed by atoms with Gasteiger partial charge in [-0.25, -0.2) is 18.0 Å². The van der Waals surface area contributed by atoms with Crippen LogP contribution in [0.15, 0.2) is 64.7 Å². The Balaban J connectivity index is 1.62. The van der Waals surface area contributed by atoms with Crippen molar-refractivity contribution in [2.75, 3.05) is 45.9 Å². The van der Waals surface area contributed by atoms with E-state index in [0.29, 0.717) is 24.4 Å². The van der Waals surface area contributed by atoms with Crippen molar-refractivity contribution in [2.45, 2.75) is 37.9 Å². The summed E-state index contributed by atoms with van der Waals surface area (Å²) in [6.45, 7) is 6.79. The third-order valence-corrected chi connectivity index (χ3v) is 9.10. The van der Waals surface area contributed by atoms with Gasteiger partial charge in [-0.15, -0.1) is 0 Å². The molecule has 0 aromatic heterocycles. The monoisotopic (exact) mass is 594 g/mol. The number of hydrogen-bond donors (Lipinski definition) is 1. The van der Waals surface area contributed by atoms with E-state index in [1.807, 2.05) is 11.8 Å². The molecule has 2 aliphatic heterocycles. The molecule has 2 aliphatic rings. The van der Waals surface area contributed by atoms with Crippen molar-refractivity contribution in [3.63, 3.8) is 0 Å². The molecule has 0 saturated carbocycles. The van der Waals surface area contributed by atoms with E-state index in [9.17, 15) is 31.2 Å². The summed E-state index contributed by atoms with van der Waals surface area (Å²) < 4.78 is 72.5. The lowest BCUT2D eigenvalue weighted by molar-refractivity contribution is -0.139. The van der Waals surface area contributed by atoms with Crippen LogP contribution in [0.3, 0.4) is 0 Å². The van der Waals surface area contributed by atoms with Crippen molar-refractivity contribution >= 4 is 22.0 Å². The summed E-state index contributed by atoms with van der Waals surface area (Å²) >= 11 is 0. The molecule has 41 heavy (non-hydrogen) atoms. The van der Waals surface area contributed by atoms with Gasteiger partial charge in [-0.05, 0) is 50.6 Å². The molecule has 0 radical (unpaired) electrons. The highest BCUT2D eigenvalue weighted by molar-refractivity contribution is 7.89. The number of amides is 2. The lowest BCUT2D eigenvalue weighted by Crippen LogP contribution is -2.53. The molecule has 2 amide bonds. The van der Waals surface area contributed by atoms with E-state index >= 15 is 0 Å². The number of alkyl halides is 3. The van der Waals surface area contributed by atoms with Crippen LogP contribution in [0.5, 0.6) is 0 Å². The number of likely N-dealkylation sites (N-methyl/N-ethyl adjacent to an activating group) is 1. The van der Waals surface area contributed by atoms with Crippen LogP contribution in [0.4, 0.5) is 18.0 Å². The van der Waals surface area contributed by atoms with E-state index in [0.717, 1.165) is 17.7 Å². The van der Waals surface area contributed by atoms with Crippen LogP contribution in [0.1, 0.15) is 36.6 Å². The van der Waals surface area contributed by atoms with Crippen molar-refractivity contribution in [1.29, 1.82) is 0 Å². The average molecular weight is 595 g/mol. The molecule has 9 nitrogen and oxygen atoms in total. The highest BCUT2D eigenvalue weighted by atomic mass is 32.2. The van der Waals surface area contributed by atoms with Gasteiger partial charge in [0.25, 0.3) is 0 Å². The summed E-state index contributed by atoms with van der Waals surface area (Å²) in [7, 11) is -3.68. The van der Waals surface area contributed by atoms with Crippen molar-refractivity contribution in [2.24, 2.45) is 0 Å². The van der Waals surface area contributed by atoms with E-state index in [1.54, 1.807) is 38.1 Å². The minimum absolute atomic E-state index is 0.0605. The van der Waals surface area contributed by atoms with E-state index < -0.39 is 39.8 Å². The maximum atomic E-state index is 13.2. The number of esters is 1. The molecule has 0 spiro atoms. The molecule has 2 aromatic carbocycles. The fourth-order valence-electron chi connectivity index (χ4n) is 4.97. The summed E-state index contributed by atoms with van der Waals surface area (Å²) in [6, 6.07) is 9.41. The number of sulfonamides is 1. The highest BCUT2D eigenvalue weighted by Crippen LogP contribution is 2.35. The van der Waals surface area contributed by atoms with Crippen molar-refractivity contribution in [1.82, 2.24) is 19.4 Å². The second-order valence-electron chi connectivity index (χ2n) is 9.82. The number of rotatable bonds is 8. The van der Waals surface area contributed by atoms with E-state index in [2.05, 4.69) is 5.32 Å². The van der Waals surface area contributed by atoms with Gasteiger partial charge >= 0.3 is 18.2 Å². The molecular formula is C28H33F3N4O5S. The molecule has 1 saturated heterocycles. The molecule has 2 heterocycles. The summed E-state index contributed by atoms with van der Waals surface area (Å²) in [4.78, 5) is 29.9. The Bertz CT molecular complexity index is 1400. The molecule has 1 fully saturated rings. The Labute approximate surface area is 237 Å². The second kappa shape index (κ2) is 12.2. The minimum Gasteiger partial charge on any atom is -0.463 e. The van der Waals surface area contributed by atoms with Gasteiger partial charge in [0.05, 0.1) is 28.7 Å². The second-order valence-corrected chi connectivity index (χ2v) is 11.8. The number of benzene rings is 2. The predicted molar refractivity (Wildman–Crippen MR) is 145 cm³/mol. The molecule has 13 heteroatoms. The molecule has 0 aliphatic carbocycles. The number of hydrogen-bond acceptors (Lipinski definition) is 6. The van der Waals surface area contributed by atoms with E-state index in [4.69, 9.17) is 4.74 Å². The van der Waals surface area contributed by atoms with E-state index in [1.165, 1.54) is 21.3 Å². The van der Waals surface area contributed by atoms with Crippen LogP contribution < -0.4 is 5.32 Å². The van der Waals surface area contributed by atoms with Gasteiger partial charge in [0, 0.05) is 45.0 Å². The fraction of sp³-hybridized carbons (Fsp3) is 0.429. The molecule has 1 N–H and O–H groups in total. The largest absolute Gasteiger partial charge is 0.463 e. The number of carbonyl (C=O) groups excluding carboxylic acids is 2. The number of urea groups is 1. The zero-order chi connectivity index (χ0) is 29.9. The van der Waals surface area contributed by atoms with Gasteiger partial charge < -0.3 is 10.1 Å². The SMILES string of the molecule is CCOC(=O)C1=C(CN2CCN(S(=O)(=O)c3ccc(C)cc3)CC2)N(CC)C(=O)N[C@@H]1c1ccc(C(F)(F)F)cc1. The Morgan fingerprint density at radius 1 is 1.00 bits per heavy atom. The number of piperazine rings is 1. The summed E-state index contributed by atoms with van der Waals surface area (Å²) in [5, 5.41) is 2.74. The number of nitrogens with zero attached hydrogens (tertiary/aromatic N) is 3. The van der Waals surface area contributed by atoms with Crippen LogP contribution in [0.25, 0.3) is 0 Å². The minimum atomic E-state index is -4.53. The summed E-state index contributed by atoms with van der Waals surface area (Å²) in [5.74, 6) is -0.688. The van der Waals surface area contributed by atoms with Gasteiger partial charge in [-0.3, -0.25) is 9.80 Å². The standard InChI is InChI=1S/C28H33F3N4O5S/c1-4-35-23(18-33-14-16-34(17-15-33)41(38,39)22-12-6-19(3)7-13-22)24(26(36)40-5-2)25(32-27(35)37)20-8-10-21(11-9-20)28(29,30)31/h6-13,25H,4-5,14-18H2,1-3H3,(H,32,37)/t25-/m1/s1. The van der Waals surface area contributed by atoms with Crippen LogP contribution in [0.2, 0.25) is 0 Å². The Kier molecular flexibility index (Phi) is 9.10. The van der Waals surface area contributed by atoms with Crippen LogP contribution in [0, 0.1) is 6.92 Å². The number of nitrogens with one attached hydrogen (secondary N) is 1. The quantitative estimate of drug-likeness (QED) is 0.466. The van der Waals surface area contributed by atoms with Crippen molar-refractivity contribution in [3.8, 4) is 0 Å². The first-order chi connectivity index (χ1) is 19.4. The first kappa shape index (κ1) is 30.5. The molecule has 0 unspecified atom stereocenters.